The van der Waals surface area contributed by atoms with Crippen LogP contribution in [0, 0.1) is 5.92 Å². The van der Waals surface area contributed by atoms with Gasteiger partial charge in [-0.2, -0.15) is 0 Å². The number of carbonyl (C=O) groups is 3. The molecule has 114 valence electrons. The number of ether oxygens (including phenoxy) is 3. The van der Waals surface area contributed by atoms with Gasteiger partial charge < -0.3 is 24.4 Å². The highest BCUT2D eigenvalue weighted by Gasteiger charge is 2.46. The molecule has 0 aliphatic carbocycles. The normalized spacial score (nSPS) is 21.4. The van der Waals surface area contributed by atoms with E-state index < -0.39 is 29.9 Å². The minimum atomic E-state index is -1.30. The van der Waals surface area contributed by atoms with Gasteiger partial charge in [0.2, 0.25) is 6.10 Å². The minimum absolute atomic E-state index is 0.00625. The number of hydrogen-bond acceptors (Lipinski definition) is 8. The summed E-state index contributed by atoms with van der Waals surface area (Å²) in [7, 11) is 0. The van der Waals surface area contributed by atoms with Crippen LogP contribution < -0.4 is 0 Å². The van der Waals surface area contributed by atoms with E-state index in [1.807, 2.05) is 0 Å². The molecule has 2 atom stereocenters. The monoisotopic (exact) mass is 290 g/mol. The molecule has 1 saturated heterocycles. The summed E-state index contributed by atoms with van der Waals surface area (Å²) in [5, 5.41) is 17.2. The molecule has 0 spiro atoms. The van der Waals surface area contributed by atoms with Crippen molar-refractivity contribution in [3.05, 3.63) is 0 Å². The molecule has 1 rings (SSSR count). The topological polar surface area (TPSA) is 119 Å². The summed E-state index contributed by atoms with van der Waals surface area (Å²) >= 11 is 0. The first-order chi connectivity index (χ1) is 9.60. The van der Waals surface area contributed by atoms with Gasteiger partial charge in [-0.05, 0) is 0 Å². The first-order valence-corrected chi connectivity index (χ1v) is 6.34. The maximum Gasteiger partial charge on any atom is 0.348 e. The fraction of sp³-hybridized carbons (Fsp3) is 0.750. The van der Waals surface area contributed by atoms with Crippen molar-refractivity contribution in [2.24, 2.45) is 5.92 Å². The Hall–Kier alpha value is -1.67. The predicted molar refractivity (Wildman–Crippen MR) is 63.3 cm³/mol. The second-order valence-electron chi connectivity index (χ2n) is 4.21. The lowest BCUT2D eigenvalue weighted by Crippen LogP contribution is -2.34. The Morgan fingerprint density at radius 3 is 2.20 bits per heavy atom. The summed E-state index contributed by atoms with van der Waals surface area (Å²) in [5.74, 6) is -3.25. The van der Waals surface area contributed by atoms with E-state index in [1.54, 1.807) is 0 Å². The Labute approximate surface area is 115 Å². The van der Waals surface area contributed by atoms with Crippen LogP contribution in [0.5, 0.6) is 0 Å². The van der Waals surface area contributed by atoms with Crippen LogP contribution >= 0.6 is 0 Å². The van der Waals surface area contributed by atoms with Gasteiger partial charge in [-0.3, -0.25) is 9.59 Å². The molecule has 1 heterocycles. The van der Waals surface area contributed by atoms with E-state index in [1.165, 1.54) is 0 Å². The Balaban J connectivity index is 2.52. The molecule has 8 heteroatoms. The van der Waals surface area contributed by atoms with Crippen LogP contribution in [0.1, 0.15) is 19.3 Å². The van der Waals surface area contributed by atoms with Gasteiger partial charge in [0, 0.05) is 26.1 Å². The Bertz CT molecular complexity index is 321. The molecule has 0 bridgehead atoms. The number of esters is 3. The maximum atomic E-state index is 11.7. The fourth-order valence-electron chi connectivity index (χ4n) is 1.64. The minimum Gasteiger partial charge on any atom is -0.465 e. The number of aliphatic hydroxyl groups excluding tert-OH is 2. The van der Waals surface area contributed by atoms with Crippen LogP contribution in [0.2, 0.25) is 0 Å². The van der Waals surface area contributed by atoms with Crippen molar-refractivity contribution >= 4 is 17.9 Å². The lowest BCUT2D eigenvalue weighted by atomic mass is 10.0. The average molecular weight is 290 g/mol. The standard InChI is InChI=1S/C12H18O8/c13-3-1-5-18-11(16)8-7-9(15)20-10(8)12(17)19-6-2-4-14/h8,10,13-14H,1-7H2. The molecule has 0 radical (unpaired) electrons. The van der Waals surface area contributed by atoms with Crippen molar-refractivity contribution in [1.29, 1.82) is 0 Å². The zero-order valence-electron chi connectivity index (χ0n) is 10.9. The highest BCUT2D eigenvalue weighted by atomic mass is 16.6. The van der Waals surface area contributed by atoms with Gasteiger partial charge in [0.15, 0.2) is 0 Å². The quantitative estimate of drug-likeness (QED) is 0.324. The third kappa shape index (κ3) is 4.78. The van der Waals surface area contributed by atoms with Crippen molar-refractivity contribution in [1.82, 2.24) is 0 Å². The van der Waals surface area contributed by atoms with Crippen LogP contribution in [0.4, 0.5) is 0 Å². The third-order valence-electron chi connectivity index (χ3n) is 2.64. The smallest absolute Gasteiger partial charge is 0.348 e. The van der Waals surface area contributed by atoms with E-state index in [0.717, 1.165) is 0 Å². The molecule has 0 aromatic heterocycles. The summed E-state index contributed by atoms with van der Waals surface area (Å²) in [4.78, 5) is 34.6. The first kappa shape index (κ1) is 16.4. The second-order valence-corrected chi connectivity index (χ2v) is 4.21. The highest BCUT2D eigenvalue weighted by molar-refractivity contribution is 5.92. The molecule has 1 aliphatic heterocycles. The van der Waals surface area contributed by atoms with Gasteiger partial charge in [-0.1, -0.05) is 0 Å². The molecular weight excluding hydrogens is 272 g/mol. The SMILES string of the molecule is O=C1CC(C(=O)OCCCO)C(C(=O)OCCCO)O1. The zero-order chi connectivity index (χ0) is 15.0. The molecular formula is C12H18O8. The van der Waals surface area contributed by atoms with E-state index in [-0.39, 0.29) is 45.7 Å². The molecule has 0 saturated carbocycles. The lowest BCUT2D eigenvalue weighted by Gasteiger charge is -2.15. The highest BCUT2D eigenvalue weighted by Crippen LogP contribution is 2.24. The molecule has 20 heavy (non-hydrogen) atoms. The third-order valence-corrected chi connectivity index (χ3v) is 2.64. The molecule has 1 fully saturated rings. The fourth-order valence-corrected chi connectivity index (χ4v) is 1.64. The summed E-state index contributed by atoms with van der Waals surface area (Å²) in [6.07, 6.45) is -1.00. The van der Waals surface area contributed by atoms with Crippen LogP contribution in [0.3, 0.4) is 0 Å². The van der Waals surface area contributed by atoms with Crippen molar-refractivity contribution in [3.8, 4) is 0 Å². The molecule has 2 unspecified atom stereocenters. The summed E-state index contributed by atoms with van der Waals surface area (Å²) < 4.78 is 14.4. The van der Waals surface area contributed by atoms with Crippen molar-refractivity contribution in [2.75, 3.05) is 26.4 Å². The Kier molecular flexibility index (Phi) is 6.96. The van der Waals surface area contributed by atoms with Gasteiger partial charge in [0.25, 0.3) is 0 Å². The van der Waals surface area contributed by atoms with Crippen LogP contribution in [-0.2, 0) is 28.6 Å². The Morgan fingerprint density at radius 2 is 1.65 bits per heavy atom. The number of rotatable bonds is 8. The van der Waals surface area contributed by atoms with E-state index in [9.17, 15) is 14.4 Å². The largest absolute Gasteiger partial charge is 0.465 e. The van der Waals surface area contributed by atoms with E-state index in [0.29, 0.717) is 0 Å². The number of carbonyl (C=O) groups excluding carboxylic acids is 3. The maximum absolute atomic E-state index is 11.7. The second kappa shape index (κ2) is 8.49. The Morgan fingerprint density at radius 1 is 1.10 bits per heavy atom. The van der Waals surface area contributed by atoms with Crippen molar-refractivity contribution in [3.63, 3.8) is 0 Å². The number of cyclic esters (lactones) is 1. The van der Waals surface area contributed by atoms with Crippen molar-refractivity contribution in [2.45, 2.75) is 25.4 Å². The van der Waals surface area contributed by atoms with Crippen molar-refractivity contribution < 1.29 is 38.8 Å². The van der Waals surface area contributed by atoms with Gasteiger partial charge in [-0.25, -0.2) is 4.79 Å². The lowest BCUT2D eigenvalue weighted by molar-refractivity contribution is -0.167. The van der Waals surface area contributed by atoms with Gasteiger partial charge in [-0.15, -0.1) is 0 Å². The van der Waals surface area contributed by atoms with Gasteiger partial charge >= 0.3 is 17.9 Å². The average Bonchev–Trinajstić information content (AvgIpc) is 2.81. The summed E-state index contributed by atoms with van der Waals surface area (Å²) in [5.41, 5.74) is 0. The summed E-state index contributed by atoms with van der Waals surface area (Å²) in [6.45, 7) is -0.271. The molecule has 0 aromatic carbocycles. The van der Waals surface area contributed by atoms with Gasteiger partial charge in [0.05, 0.1) is 19.6 Å². The molecule has 0 aromatic rings. The molecule has 1 aliphatic rings. The van der Waals surface area contributed by atoms with E-state index in [4.69, 9.17) is 24.4 Å². The predicted octanol–water partition coefficient (Wildman–Crippen LogP) is -1.23. The van der Waals surface area contributed by atoms with Crippen LogP contribution in [0.25, 0.3) is 0 Å². The van der Waals surface area contributed by atoms with Crippen LogP contribution in [-0.4, -0.2) is 60.7 Å². The molecule has 0 amide bonds. The summed E-state index contributed by atoms with van der Waals surface area (Å²) in [6, 6.07) is 0. The molecule has 8 nitrogen and oxygen atoms in total. The number of aliphatic hydroxyl groups is 2. The first-order valence-electron chi connectivity index (χ1n) is 6.34. The zero-order valence-corrected chi connectivity index (χ0v) is 10.9. The van der Waals surface area contributed by atoms with Crippen LogP contribution in [0.15, 0.2) is 0 Å². The van der Waals surface area contributed by atoms with E-state index >= 15 is 0 Å². The molecule has 2 N–H and O–H groups in total. The van der Waals surface area contributed by atoms with E-state index in [2.05, 4.69) is 0 Å². The van der Waals surface area contributed by atoms with Gasteiger partial charge in [0.1, 0.15) is 5.92 Å². The number of hydrogen-bond donors (Lipinski definition) is 2.